The molecule has 0 amide bonds. The van der Waals surface area contributed by atoms with Crippen LogP contribution in [0.25, 0.3) is 10.9 Å². The first-order valence-corrected chi connectivity index (χ1v) is 5.55. The molecule has 0 fully saturated rings. The summed E-state index contributed by atoms with van der Waals surface area (Å²) >= 11 is 6.06. The van der Waals surface area contributed by atoms with Gasteiger partial charge in [0.2, 0.25) is 0 Å². The second-order valence-electron chi connectivity index (χ2n) is 3.88. The van der Waals surface area contributed by atoms with Crippen molar-refractivity contribution in [1.82, 2.24) is 9.97 Å². The number of hydrogen-bond acceptors (Lipinski definition) is 3. The van der Waals surface area contributed by atoms with Gasteiger partial charge in [-0.3, -0.25) is 0 Å². The summed E-state index contributed by atoms with van der Waals surface area (Å²) in [6.07, 6.45) is 0.111. The van der Waals surface area contributed by atoms with Crippen LogP contribution in [-0.2, 0) is 0 Å². The summed E-state index contributed by atoms with van der Waals surface area (Å²) in [7, 11) is 0. The summed E-state index contributed by atoms with van der Waals surface area (Å²) < 4.78 is 5.69. The predicted molar refractivity (Wildman–Crippen MR) is 65.0 cm³/mol. The quantitative estimate of drug-likeness (QED) is 0.750. The highest BCUT2D eigenvalue weighted by Gasteiger charge is 2.09. The van der Waals surface area contributed by atoms with Gasteiger partial charge in [0.05, 0.1) is 6.10 Å². The molecule has 0 bridgehead atoms. The van der Waals surface area contributed by atoms with Gasteiger partial charge < -0.3 is 4.74 Å². The third kappa shape index (κ3) is 2.09. The van der Waals surface area contributed by atoms with Gasteiger partial charge in [-0.2, -0.15) is 0 Å². The summed E-state index contributed by atoms with van der Waals surface area (Å²) in [6, 6.07) is 5.68. The zero-order valence-electron chi connectivity index (χ0n) is 9.49. The molecule has 0 spiro atoms. The van der Waals surface area contributed by atoms with Gasteiger partial charge in [-0.15, -0.1) is 0 Å². The van der Waals surface area contributed by atoms with Crippen LogP contribution in [-0.4, -0.2) is 16.1 Å². The average molecular weight is 237 g/mol. The second kappa shape index (κ2) is 4.26. The number of benzene rings is 1. The second-order valence-corrected chi connectivity index (χ2v) is 4.24. The first-order valence-electron chi connectivity index (χ1n) is 5.17. The van der Waals surface area contributed by atoms with Crippen LogP contribution >= 0.6 is 11.6 Å². The summed E-state index contributed by atoms with van der Waals surface area (Å²) in [6.45, 7) is 5.78. The standard InChI is InChI=1S/C12H13ClN2O/c1-7(2)16-10-6-4-5-9-11(10)14-8(3)15-12(9)13/h4-7H,1-3H3. The van der Waals surface area contributed by atoms with E-state index in [9.17, 15) is 0 Å². The van der Waals surface area contributed by atoms with E-state index in [1.54, 1.807) is 0 Å². The topological polar surface area (TPSA) is 35.0 Å². The number of aryl methyl sites for hydroxylation is 1. The van der Waals surface area contributed by atoms with Gasteiger partial charge in [0.1, 0.15) is 22.2 Å². The monoisotopic (exact) mass is 236 g/mol. The van der Waals surface area contributed by atoms with Crippen LogP contribution in [0.4, 0.5) is 0 Å². The van der Waals surface area contributed by atoms with Gasteiger partial charge in [0.15, 0.2) is 0 Å². The minimum Gasteiger partial charge on any atom is -0.489 e. The molecule has 3 nitrogen and oxygen atoms in total. The fourth-order valence-electron chi connectivity index (χ4n) is 1.54. The third-order valence-electron chi connectivity index (χ3n) is 2.12. The van der Waals surface area contributed by atoms with E-state index in [2.05, 4.69) is 9.97 Å². The molecule has 0 aliphatic carbocycles. The average Bonchev–Trinajstić information content (AvgIpc) is 2.18. The Morgan fingerprint density at radius 2 is 2.00 bits per heavy atom. The largest absolute Gasteiger partial charge is 0.489 e. The molecule has 0 N–H and O–H groups in total. The van der Waals surface area contributed by atoms with Crippen LogP contribution in [0.3, 0.4) is 0 Å². The number of aromatic nitrogens is 2. The predicted octanol–water partition coefficient (Wildman–Crippen LogP) is 3.38. The van der Waals surface area contributed by atoms with Crippen LogP contribution in [0, 0.1) is 6.92 Å². The van der Waals surface area contributed by atoms with Crippen LogP contribution in [0.15, 0.2) is 18.2 Å². The van der Waals surface area contributed by atoms with E-state index in [0.717, 1.165) is 16.7 Å². The van der Waals surface area contributed by atoms with Crippen molar-refractivity contribution < 1.29 is 4.74 Å². The van der Waals surface area contributed by atoms with Gasteiger partial charge in [0.25, 0.3) is 0 Å². The molecule has 84 valence electrons. The number of para-hydroxylation sites is 1. The molecule has 0 saturated heterocycles. The van der Waals surface area contributed by atoms with E-state index in [-0.39, 0.29) is 6.10 Å². The number of fused-ring (bicyclic) bond motifs is 1. The molecule has 1 aromatic heterocycles. The Hall–Kier alpha value is -1.35. The molecule has 0 radical (unpaired) electrons. The number of ether oxygens (including phenoxy) is 1. The lowest BCUT2D eigenvalue weighted by Crippen LogP contribution is -2.06. The van der Waals surface area contributed by atoms with Crippen molar-refractivity contribution in [2.45, 2.75) is 26.9 Å². The summed E-state index contributed by atoms with van der Waals surface area (Å²) in [5, 5.41) is 1.29. The lowest BCUT2D eigenvalue weighted by Gasteiger charge is -2.12. The fraction of sp³-hybridized carbons (Fsp3) is 0.333. The summed E-state index contributed by atoms with van der Waals surface area (Å²) in [4.78, 5) is 8.49. The summed E-state index contributed by atoms with van der Waals surface area (Å²) in [5.41, 5.74) is 0.772. The van der Waals surface area contributed by atoms with Gasteiger partial charge >= 0.3 is 0 Å². The normalized spacial score (nSPS) is 11.1. The highest BCUT2D eigenvalue weighted by atomic mass is 35.5. The van der Waals surface area contributed by atoms with Gasteiger partial charge in [-0.25, -0.2) is 9.97 Å². The maximum atomic E-state index is 6.06. The van der Waals surface area contributed by atoms with Gasteiger partial charge in [-0.1, -0.05) is 17.7 Å². The van der Waals surface area contributed by atoms with E-state index >= 15 is 0 Å². The minimum absolute atomic E-state index is 0.111. The Bertz CT molecular complexity index is 526. The first-order chi connectivity index (χ1) is 7.58. The van der Waals surface area contributed by atoms with Crippen molar-refractivity contribution in [1.29, 1.82) is 0 Å². The van der Waals surface area contributed by atoms with E-state index in [1.807, 2.05) is 39.0 Å². The van der Waals surface area contributed by atoms with Crippen LogP contribution in [0.1, 0.15) is 19.7 Å². The highest BCUT2D eigenvalue weighted by molar-refractivity contribution is 6.34. The number of nitrogens with zero attached hydrogens (tertiary/aromatic N) is 2. The van der Waals surface area contributed by atoms with Crippen molar-refractivity contribution in [3.8, 4) is 5.75 Å². The molecule has 1 heterocycles. The van der Waals surface area contributed by atoms with Crippen molar-refractivity contribution >= 4 is 22.5 Å². The molecule has 2 rings (SSSR count). The zero-order valence-corrected chi connectivity index (χ0v) is 10.2. The molecule has 0 saturated carbocycles. The SMILES string of the molecule is Cc1nc(Cl)c2cccc(OC(C)C)c2n1. The molecule has 0 aliphatic rings. The molecule has 4 heteroatoms. The molecular weight excluding hydrogens is 224 g/mol. The van der Waals surface area contributed by atoms with Crippen molar-refractivity contribution in [3.05, 3.63) is 29.2 Å². The Labute approximate surface area is 99.4 Å². The Kier molecular flexibility index (Phi) is 2.97. The number of halogens is 1. The molecular formula is C12H13ClN2O. The molecule has 2 aromatic rings. The van der Waals surface area contributed by atoms with E-state index < -0.39 is 0 Å². The van der Waals surface area contributed by atoms with E-state index in [4.69, 9.17) is 16.3 Å². The van der Waals surface area contributed by atoms with Crippen LogP contribution in [0.2, 0.25) is 5.15 Å². The number of hydrogen-bond donors (Lipinski definition) is 0. The third-order valence-corrected chi connectivity index (χ3v) is 2.41. The smallest absolute Gasteiger partial charge is 0.146 e. The van der Waals surface area contributed by atoms with Crippen molar-refractivity contribution in [2.75, 3.05) is 0 Å². The van der Waals surface area contributed by atoms with Gasteiger partial charge in [-0.05, 0) is 32.9 Å². The molecule has 16 heavy (non-hydrogen) atoms. The Balaban J connectivity index is 2.66. The molecule has 0 unspecified atom stereocenters. The number of rotatable bonds is 2. The molecule has 0 aliphatic heterocycles. The maximum Gasteiger partial charge on any atom is 0.146 e. The highest BCUT2D eigenvalue weighted by Crippen LogP contribution is 2.28. The lowest BCUT2D eigenvalue weighted by atomic mass is 10.2. The first kappa shape index (κ1) is 11.1. The van der Waals surface area contributed by atoms with Gasteiger partial charge in [0, 0.05) is 5.39 Å². The van der Waals surface area contributed by atoms with E-state index in [1.165, 1.54) is 0 Å². The summed E-state index contributed by atoms with van der Waals surface area (Å²) in [5.74, 6) is 1.40. The van der Waals surface area contributed by atoms with Crippen LogP contribution in [0.5, 0.6) is 5.75 Å². The zero-order chi connectivity index (χ0) is 11.7. The Morgan fingerprint density at radius 1 is 1.25 bits per heavy atom. The maximum absolute atomic E-state index is 6.06. The van der Waals surface area contributed by atoms with Crippen molar-refractivity contribution in [3.63, 3.8) is 0 Å². The van der Waals surface area contributed by atoms with Crippen LogP contribution < -0.4 is 4.74 Å². The Morgan fingerprint density at radius 3 is 2.69 bits per heavy atom. The lowest BCUT2D eigenvalue weighted by molar-refractivity contribution is 0.245. The van der Waals surface area contributed by atoms with E-state index in [0.29, 0.717) is 11.0 Å². The molecule has 1 aromatic carbocycles. The molecule has 0 atom stereocenters. The fourth-order valence-corrected chi connectivity index (χ4v) is 1.82. The van der Waals surface area contributed by atoms with Crippen molar-refractivity contribution in [2.24, 2.45) is 0 Å². The minimum atomic E-state index is 0.111.